The molecule has 1 aromatic heterocycles. The third-order valence-electron chi connectivity index (χ3n) is 7.70. The number of benzene rings is 1. The van der Waals surface area contributed by atoms with Crippen LogP contribution in [0.1, 0.15) is 49.6 Å². The maximum absolute atomic E-state index is 12.7. The zero-order valence-corrected chi connectivity index (χ0v) is 19.4. The van der Waals surface area contributed by atoms with Crippen molar-refractivity contribution < 1.29 is 15.0 Å². The van der Waals surface area contributed by atoms with Crippen LogP contribution in [0.2, 0.25) is 0 Å². The number of hydrogen-bond donors (Lipinski definition) is 4. The maximum Gasteiger partial charge on any atom is 0.221 e. The molecule has 5 unspecified atom stereocenters. The molecule has 1 saturated carbocycles. The van der Waals surface area contributed by atoms with Gasteiger partial charge < -0.3 is 20.8 Å². The van der Waals surface area contributed by atoms with Gasteiger partial charge >= 0.3 is 0 Å². The molecule has 2 aromatic rings. The van der Waals surface area contributed by atoms with E-state index >= 15 is 0 Å². The fourth-order valence-corrected chi connectivity index (χ4v) is 6.84. The number of anilines is 2. The van der Waals surface area contributed by atoms with Crippen LogP contribution in [0, 0.1) is 29.1 Å². The van der Waals surface area contributed by atoms with Gasteiger partial charge in [0.2, 0.25) is 5.91 Å². The Bertz CT molecular complexity index is 1020. The number of carbonyl (C=O) groups excluding carboxylic acids is 1. The van der Waals surface area contributed by atoms with Gasteiger partial charge in [0.15, 0.2) is 5.13 Å². The minimum Gasteiger partial charge on any atom is -0.396 e. The molecule has 2 aliphatic rings. The quantitative estimate of drug-likeness (QED) is 0.503. The fourth-order valence-electron chi connectivity index (χ4n) is 5.75. The lowest BCUT2D eigenvalue weighted by molar-refractivity contribution is -0.144. The Kier molecular flexibility index (Phi) is 6.30. The zero-order chi connectivity index (χ0) is 22.9. The van der Waals surface area contributed by atoms with Gasteiger partial charge in [0, 0.05) is 28.3 Å². The van der Waals surface area contributed by atoms with Gasteiger partial charge in [-0.05, 0) is 42.7 Å². The molecule has 1 aromatic carbocycles. The van der Waals surface area contributed by atoms with Gasteiger partial charge in [-0.25, -0.2) is 4.98 Å². The molecule has 170 valence electrons. The van der Waals surface area contributed by atoms with Gasteiger partial charge in [-0.1, -0.05) is 38.0 Å². The lowest BCUT2D eigenvalue weighted by Crippen LogP contribution is -2.57. The normalized spacial score (nSPS) is 31.2. The van der Waals surface area contributed by atoms with Crippen LogP contribution in [0.3, 0.4) is 0 Å². The summed E-state index contributed by atoms with van der Waals surface area (Å²) in [5, 5.41) is 28.1. The van der Waals surface area contributed by atoms with Crippen LogP contribution >= 0.6 is 11.3 Å². The minimum atomic E-state index is -0.630. The molecule has 0 bridgehead atoms. The van der Waals surface area contributed by atoms with Crippen molar-refractivity contribution in [3.8, 4) is 12.3 Å². The average molecular weight is 454 g/mol. The van der Waals surface area contributed by atoms with Crippen molar-refractivity contribution in [2.24, 2.45) is 16.7 Å². The van der Waals surface area contributed by atoms with Gasteiger partial charge in [-0.15, -0.1) is 17.8 Å². The third kappa shape index (κ3) is 3.92. The van der Waals surface area contributed by atoms with E-state index in [2.05, 4.69) is 23.5 Å². The second kappa shape index (κ2) is 8.86. The van der Waals surface area contributed by atoms with Crippen LogP contribution in [0.15, 0.2) is 30.3 Å². The smallest absolute Gasteiger partial charge is 0.221 e. The molecule has 1 amide bonds. The average Bonchev–Trinajstić information content (AvgIpc) is 3.19. The highest BCUT2D eigenvalue weighted by atomic mass is 32.1. The van der Waals surface area contributed by atoms with E-state index in [0.717, 1.165) is 34.2 Å². The lowest BCUT2D eigenvalue weighted by Gasteiger charge is -2.58. The Hall–Kier alpha value is -2.40. The molecule has 6 nitrogen and oxygen atoms in total. The van der Waals surface area contributed by atoms with Crippen LogP contribution < -0.4 is 10.6 Å². The number of aliphatic hydroxyl groups is 2. The first-order valence-electron chi connectivity index (χ1n) is 11.1. The first-order valence-corrected chi connectivity index (χ1v) is 11.9. The van der Waals surface area contributed by atoms with E-state index in [4.69, 9.17) is 11.4 Å². The van der Waals surface area contributed by atoms with Crippen LogP contribution in [-0.4, -0.2) is 40.4 Å². The molecular formula is C25H31N3O3S. The number of thiazole rings is 1. The topological polar surface area (TPSA) is 94.5 Å². The van der Waals surface area contributed by atoms with E-state index < -0.39 is 11.5 Å². The minimum absolute atomic E-state index is 0.0340. The van der Waals surface area contributed by atoms with Gasteiger partial charge in [-0.3, -0.25) is 4.79 Å². The number of hydrogen-bond acceptors (Lipinski definition) is 6. The van der Waals surface area contributed by atoms with Gasteiger partial charge in [0.1, 0.15) is 0 Å². The highest BCUT2D eigenvalue weighted by Crippen LogP contribution is 2.62. The summed E-state index contributed by atoms with van der Waals surface area (Å²) in [6.07, 6.45) is 7.15. The summed E-state index contributed by atoms with van der Waals surface area (Å²) in [4.78, 5) is 18.8. The first kappa shape index (κ1) is 22.8. The summed E-state index contributed by atoms with van der Waals surface area (Å²) >= 11 is 1.60. The lowest BCUT2D eigenvalue weighted by atomic mass is 9.47. The predicted octanol–water partition coefficient (Wildman–Crippen LogP) is 3.44. The monoisotopic (exact) mass is 453 g/mol. The van der Waals surface area contributed by atoms with E-state index in [-0.39, 0.29) is 42.7 Å². The molecule has 1 heterocycles. The number of amides is 1. The van der Waals surface area contributed by atoms with Crippen molar-refractivity contribution in [3.63, 3.8) is 0 Å². The number of terminal acetylenes is 1. The third-order valence-corrected chi connectivity index (χ3v) is 8.70. The van der Waals surface area contributed by atoms with E-state index in [1.165, 1.54) is 0 Å². The number of carbonyl (C=O) groups is 1. The molecule has 4 rings (SSSR count). The Morgan fingerprint density at radius 2 is 2.09 bits per heavy atom. The summed E-state index contributed by atoms with van der Waals surface area (Å²) in [5.74, 6) is 2.28. The summed E-state index contributed by atoms with van der Waals surface area (Å²) in [5.41, 5.74) is 1.02. The molecule has 0 spiro atoms. The molecule has 1 fully saturated rings. The molecule has 0 saturated heterocycles. The summed E-state index contributed by atoms with van der Waals surface area (Å²) in [6, 6.07) is 9.89. The number of rotatable bonds is 6. The maximum atomic E-state index is 12.7. The highest BCUT2D eigenvalue weighted by molar-refractivity contribution is 7.15. The number of aliphatic hydroxyl groups excluding tert-OH is 2. The number of nitrogens with zero attached hydrogens (tertiary/aromatic N) is 1. The largest absolute Gasteiger partial charge is 0.396 e. The predicted molar refractivity (Wildman–Crippen MR) is 127 cm³/mol. The van der Waals surface area contributed by atoms with Gasteiger partial charge in [0.05, 0.1) is 24.9 Å². The summed E-state index contributed by atoms with van der Waals surface area (Å²) in [6.45, 7) is 4.28. The molecule has 0 aliphatic heterocycles. The van der Waals surface area contributed by atoms with Crippen molar-refractivity contribution in [1.82, 2.24) is 10.3 Å². The van der Waals surface area contributed by atoms with Crippen LogP contribution in [0.4, 0.5) is 10.8 Å². The molecule has 0 radical (unpaired) electrons. The molecule has 2 aliphatic carbocycles. The van der Waals surface area contributed by atoms with Crippen LogP contribution in [0.25, 0.3) is 0 Å². The van der Waals surface area contributed by atoms with E-state index in [1.807, 2.05) is 37.3 Å². The number of fused-ring (bicyclic) bond motifs is 2. The molecular weight excluding hydrogens is 422 g/mol. The molecule has 5 atom stereocenters. The molecule has 4 N–H and O–H groups in total. The van der Waals surface area contributed by atoms with Crippen LogP contribution in [-0.2, 0) is 11.2 Å². The Labute approximate surface area is 193 Å². The standard InChI is InChI=1S/C25H31N3O3S/c1-4-12-26-21(31)13-17-22-18(32-23(28-22)27-16-8-6-5-7-9-16)14-19-24(17,2)11-10-20(30)25(19,3)15-29/h1,5-9,17,19-20,29-30H,10-15H2,2-3H3,(H,26,31)(H,27,28). The number of para-hydroxylation sites is 1. The second-order valence-corrected chi connectivity index (χ2v) is 10.6. The summed E-state index contributed by atoms with van der Waals surface area (Å²) < 4.78 is 0. The van der Waals surface area contributed by atoms with Gasteiger partial charge in [-0.2, -0.15) is 0 Å². The Morgan fingerprint density at radius 3 is 2.78 bits per heavy atom. The second-order valence-electron chi connectivity index (χ2n) is 9.54. The van der Waals surface area contributed by atoms with Crippen molar-refractivity contribution in [2.45, 2.75) is 51.6 Å². The first-order chi connectivity index (χ1) is 15.3. The fraction of sp³-hybridized carbons (Fsp3) is 0.520. The van der Waals surface area contributed by atoms with E-state index in [9.17, 15) is 15.0 Å². The van der Waals surface area contributed by atoms with Crippen molar-refractivity contribution in [1.29, 1.82) is 0 Å². The SMILES string of the molecule is C#CCNC(=O)CC1c2nc(Nc3ccccc3)sc2CC2C(C)(CO)C(O)CCC12C. The van der Waals surface area contributed by atoms with Crippen LogP contribution in [0.5, 0.6) is 0 Å². The summed E-state index contributed by atoms with van der Waals surface area (Å²) in [7, 11) is 0. The number of nitrogens with one attached hydrogen (secondary N) is 2. The Morgan fingerprint density at radius 1 is 1.34 bits per heavy atom. The van der Waals surface area contributed by atoms with Crippen molar-refractivity contribution in [2.75, 3.05) is 18.5 Å². The molecule has 32 heavy (non-hydrogen) atoms. The Balaban J connectivity index is 1.74. The van der Waals surface area contributed by atoms with Crippen molar-refractivity contribution >= 4 is 28.1 Å². The molecule has 7 heteroatoms. The van der Waals surface area contributed by atoms with E-state index in [1.54, 1.807) is 11.3 Å². The zero-order valence-electron chi connectivity index (χ0n) is 18.6. The highest BCUT2D eigenvalue weighted by Gasteiger charge is 2.59. The van der Waals surface area contributed by atoms with Crippen molar-refractivity contribution in [3.05, 3.63) is 40.9 Å². The van der Waals surface area contributed by atoms with Gasteiger partial charge in [0.25, 0.3) is 0 Å². The van der Waals surface area contributed by atoms with E-state index in [0.29, 0.717) is 6.42 Å². The number of aromatic nitrogens is 1.